The zero-order chi connectivity index (χ0) is 21.9. The van der Waals surface area contributed by atoms with Gasteiger partial charge in [0.15, 0.2) is 0 Å². The third kappa shape index (κ3) is 5.44. The van der Waals surface area contributed by atoms with Gasteiger partial charge in [-0.3, -0.25) is 0 Å². The molecule has 1 atom stereocenters. The Hall–Kier alpha value is -2.75. The van der Waals surface area contributed by atoms with Crippen LogP contribution >= 0.6 is 0 Å². The Morgan fingerprint density at radius 2 is 1.87 bits per heavy atom. The van der Waals surface area contributed by atoms with E-state index in [1.165, 1.54) is 22.3 Å². The number of benzene rings is 2. The van der Waals surface area contributed by atoms with Crippen molar-refractivity contribution in [3.63, 3.8) is 0 Å². The minimum absolute atomic E-state index is 0.0548. The molecule has 0 spiro atoms. The lowest BCUT2D eigenvalue weighted by atomic mass is 9.94. The maximum absolute atomic E-state index is 12.2. The molecule has 1 heterocycles. The molecule has 3 rings (SSSR count). The molecule has 1 fully saturated rings. The van der Waals surface area contributed by atoms with Gasteiger partial charge in [0, 0.05) is 30.4 Å². The van der Waals surface area contributed by atoms with Gasteiger partial charge in [-0.25, -0.2) is 4.79 Å². The molecule has 1 aliphatic heterocycles. The first-order valence-electron chi connectivity index (χ1n) is 10.7. The first-order chi connectivity index (χ1) is 14.1. The van der Waals surface area contributed by atoms with E-state index in [2.05, 4.69) is 73.1 Å². The van der Waals surface area contributed by atoms with E-state index in [9.17, 15) is 4.79 Å². The SMILES string of the molecule is C=C(c1ccccc1-c1ccc(C)c(C)c1)N1CCC[C@@H](NC(=O)OC(C)(C)C)C1. The molecule has 1 N–H and O–H groups in total. The van der Waals surface area contributed by atoms with E-state index >= 15 is 0 Å². The van der Waals surface area contributed by atoms with Crippen molar-refractivity contribution in [3.8, 4) is 11.1 Å². The molecule has 30 heavy (non-hydrogen) atoms. The van der Waals surface area contributed by atoms with Gasteiger partial charge >= 0.3 is 6.09 Å². The largest absolute Gasteiger partial charge is 0.444 e. The highest BCUT2D eigenvalue weighted by atomic mass is 16.6. The number of nitrogens with one attached hydrogen (secondary N) is 1. The molecule has 4 heteroatoms. The van der Waals surface area contributed by atoms with Gasteiger partial charge < -0.3 is 15.0 Å². The van der Waals surface area contributed by atoms with Crippen LogP contribution in [0.4, 0.5) is 4.79 Å². The Morgan fingerprint density at radius 3 is 2.57 bits per heavy atom. The fourth-order valence-electron chi connectivity index (χ4n) is 3.88. The molecular formula is C26H34N2O2. The number of nitrogens with zero attached hydrogens (tertiary/aromatic N) is 1. The number of carbonyl (C=O) groups excluding carboxylic acids is 1. The van der Waals surface area contributed by atoms with Gasteiger partial charge in [0.05, 0.1) is 0 Å². The highest BCUT2D eigenvalue weighted by molar-refractivity contribution is 5.80. The van der Waals surface area contributed by atoms with Gasteiger partial charge in [-0.2, -0.15) is 0 Å². The van der Waals surface area contributed by atoms with Crippen molar-refractivity contribution in [2.24, 2.45) is 0 Å². The number of alkyl carbamates (subject to hydrolysis) is 1. The summed E-state index contributed by atoms with van der Waals surface area (Å²) in [6.07, 6.45) is 1.60. The summed E-state index contributed by atoms with van der Waals surface area (Å²) in [5.41, 5.74) is 6.61. The van der Waals surface area contributed by atoms with Gasteiger partial charge in [0.25, 0.3) is 0 Å². The molecule has 1 aliphatic rings. The second kappa shape index (κ2) is 8.95. The smallest absolute Gasteiger partial charge is 0.407 e. The summed E-state index contributed by atoms with van der Waals surface area (Å²) in [4.78, 5) is 14.5. The summed E-state index contributed by atoms with van der Waals surface area (Å²) >= 11 is 0. The third-order valence-electron chi connectivity index (χ3n) is 5.58. The van der Waals surface area contributed by atoms with Gasteiger partial charge in [0.1, 0.15) is 5.60 Å². The molecule has 2 aromatic rings. The molecule has 0 bridgehead atoms. The van der Waals surface area contributed by atoms with Crippen LogP contribution in [0.3, 0.4) is 0 Å². The molecule has 0 aliphatic carbocycles. The molecule has 1 saturated heterocycles. The molecule has 0 saturated carbocycles. The van der Waals surface area contributed by atoms with Gasteiger partial charge in [0.2, 0.25) is 0 Å². The Morgan fingerprint density at radius 1 is 1.13 bits per heavy atom. The van der Waals surface area contributed by atoms with E-state index in [1.807, 2.05) is 20.8 Å². The number of carbonyl (C=O) groups is 1. The number of amides is 1. The zero-order valence-corrected chi connectivity index (χ0v) is 18.9. The minimum Gasteiger partial charge on any atom is -0.444 e. The van der Waals surface area contributed by atoms with Gasteiger partial charge in [-0.05, 0) is 69.7 Å². The number of piperidine rings is 1. The van der Waals surface area contributed by atoms with E-state index < -0.39 is 5.60 Å². The van der Waals surface area contributed by atoms with Crippen LogP contribution in [0.15, 0.2) is 49.0 Å². The molecule has 160 valence electrons. The van der Waals surface area contributed by atoms with E-state index in [4.69, 9.17) is 4.74 Å². The molecule has 2 aromatic carbocycles. The highest BCUT2D eigenvalue weighted by Crippen LogP contribution is 2.32. The fourth-order valence-corrected chi connectivity index (χ4v) is 3.88. The van der Waals surface area contributed by atoms with Crippen molar-refractivity contribution in [2.45, 2.75) is 59.1 Å². The zero-order valence-electron chi connectivity index (χ0n) is 18.9. The number of aryl methyl sites for hydroxylation is 2. The number of hydrogen-bond donors (Lipinski definition) is 1. The van der Waals surface area contributed by atoms with Crippen LogP contribution in [0.25, 0.3) is 16.8 Å². The molecule has 0 aromatic heterocycles. The molecule has 0 radical (unpaired) electrons. The summed E-state index contributed by atoms with van der Waals surface area (Å²) in [6.45, 7) is 16.0. The molecule has 0 unspecified atom stereocenters. The Bertz CT molecular complexity index is 927. The highest BCUT2D eigenvalue weighted by Gasteiger charge is 2.25. The quantitative estimate of drug-likeness (QED) is 0.684. The van der Waals surface area contributed by atoms with Crippen molar-refractivity contribution in [1.29, 1.82) is 0 Å². The van der Waals surface area contributed by atoms with Crippen LogP contribution in [0.1, 0.15) is 50.3 Å². The first-order valence-corrected chi connectivity index (χ1v) is 10.7. The summed E-state index contributed by atoms with van der Waals surface area (Å²) in [5, 5.41) is 3.03. The predicted molar refractivity (Wildman–Crippen MR) is 124 cm³/mol. The maximum Gasteiger partial charge on any atom is 0.407 e. The number of rotatable bonds is 4. The Kier molecular flexibility index (Phi) is 6.55. The van der Waals surface area contributed by atoms with Crippen molar-refractivity contribution in [2.75, 3.05) is 13.1 Å². The topological polar surface area (TPSA) is 41.6 Å². The van der Waals surface area contributed by atoms with Crippen LogP contribution < -0.4 is 5.32 Å². The lowest BCUT2D eigenvalue weighted by molar-refractivity contribution is 0.0484. The van der Waals surface area contributed by atoms with E-state index in [0.717, 1.165) is 37.2 Å². The second-order valence-electron chi connectivity index (χ2n) is 9.22. The monoisotopic (exact) mass is 406 g/mol. The normalized spacial score (nSPS) is 16.8. The summed E-state index contributed by atoms with van der Waals surface area (Å²) < 4.78 is 5.43. The molecular weight excluding hydrogens is 372 g/mol. The Labute approximate surface area is 180 Å². The number of hydrogen-bond acceptors (Lipinski definition) is 3. The average Bonchev–Trinajstić information content (AvgIpc) is 2.68. The summed E-state index contributed by atoms with van der Waals surface area (Å²) in [5.74, 6) is 0. The van der Waals surface area contributed by atoms with Crippen LogP contribution in [-0.2, 0) is 4.74 Å². The first kappa shape index (κ1) is 21.9. The standard InChI is InChI=1S/C26H34N2O2/c1-18-13-14-21(16-19(18)2)24-12-8-7-11-23(24)20(3)28-15-9-10-22(17-28)27-25(29)30-26(4,5)6/h7-8,11-14,16,22H,3,9-10,15,17H2,1-2,4-6H3,(H,27,29)/t22-/m1/s1. The fraction of sp³-hybridized carbons (Fsp3) is 0.423. The predicted octanol–water partition coefficient (Wildman–Crippen LogP) is 5.93. The lowest BCUT2D eigenvalue weighted by Crippen LogP contribution is -2.48. The van der Waals surface area contributed by atoms with E-state index in [-0.39, 0.29) is 12.1 Å². The van der Waals surface area contributed by atoms with Gasteiger partial charge in [-0.15, -0.1) is 0 Å². The van der Waals surface area contributed by atoms with Crippen molar-refractivity contribution in [3.05, 3.63) is 65.7 Å². The maximum atomic E-state index is 12.2. The second-order valence-corrected chi connectivity index (χ2v) is 9.22. The van der Waals surface area contributed by atoms with Crippen LogP contribution in [0, 0.1) is 13.8 Å². The number of likely N-dealkylation sites (tertiary alicyclic amines) is 1. The van der Waals surface area contributed by atoms with Crippen molar-refractivity contribution in [1.82, 2.24) is 10.2 Å². The van der Waals surface area contributed by atoms with Crippen molar-refractivity contribution >= 4 is 11.8 Å². The average molecular weight is 407 g/mol. The van der Waals surface area contributed by atoms with Crippen LogP contribution in [0.2, 0.25) is 0 Å². The molecule has 1 amide bonds. The van der Waals surface area contributed by atoms with Crippen LogP contribution in [0.5, 0.6) is 0 Å². The summed E-state index contributed by atoms with van der Waals surface area (Å²) in [7, 11) is 0. The van der Waals surface area contributed by atoms with E-state index in [0.29, 0.717) is 0 Å². The summed E-state index contributed by atoms with van der Waals surface area (Å²) in [6, 6.07) is 15.1. The van der Waals surface area contributed by atoms with E-state index in [1.54, 1.807) is 0 Å². The third-order valence-corrected chi connectivity index (χ3v) is 5.58. The van der Waals surface area contributed by atoms with Crippen LogP contribution in [-0.4, -0.2) is 35.7 Å². The lowest BCUT2D eigenvalue weighted by Gasteiger charge is -2.36. The minimum atomic E-state index is -0.493. The Balaban J connectivity index is 1.76. The van der Waals surface area contributed by atoms with Crippen molar-refractivity contribution < 1.29 is 9.53 Å². The van der Waals surface area contributed by atoms with Gasteiger partial charge in [-0.1, -0.05) is 49.0 Å². The molecule has 4 nitrogen and oxygen atoms in total. The number of ether oxygens (including phenoxy) is 1.